The number of allylic oxidation sites excluding steroid dienone is 1. The molecule has 1 heterocycles. The zero-order chi connectivity index (χ0) is 9.68. The van der Waals surface area contributed by atoms with Crippen molar-refractivity contribution in [1.82, 2.24) is 0 Å². The first-order chi connectivity index (χ1) is 6.26. The molecule has 1 rings (SSSR count). The molecule has 2 nitrogen and oxygen atoms in total. The number of methoxy groups -OCH3 is 1. The Hall–Kier alpha value is -1.18. The molecule has 13 heavy (non-hydrogen) atoms. The van der Waals surface area contributed by atoms with Gasteiger partial charge in [-0.1, -0.05) is 13.0 Å². The molecular weight excluding hydrogens is 164 g/mol. The fraction of sp³-hybridized carbons (Fsp3) is 0.455. The van der Waals surface area contributed by atoms with E-state index < -0.39 is 0 Å². The average Bonchev–Trinajstić information content (AvgIpc) is 2.61. The summed E-state index contributed by atoms with van der Waals surface area (Å²) in [6.07, 6.45) is 5.60. The molecule has 0 aliphatic heterocycles. The van der Waals surface area contributed by atoms with E-state index in [1.54, 1.807) is 13.4 Å². The second kappa shape index (κ2) is 4.75. The zero-order valence-corrected chi connectivity index (χ0v) is 8.25. The van der Waals surface area contributed by atoms with Crippen molar-refractivity contribution in [3.8, 4) is 5.75 Å². The van der Waals surface area contributed by atoms with E-state index in [0.29, 0.717) is 5.92 Å². The van der Waals surface area contributed by atoms with Gasteiger partial charge in [-0.2, -0.15) is 0 Å². The number of ether oxygens (including phenoxy) is 1. The summed E-state index contributed by atoms with van der Waals surface area (Å²) < 4.78 is 10.3. The van der Waals surface area contributed by atoms with Gasteiger partial charge in [0.2, 0.25) is 0 Å². The van der Waals surface area contributed by atoms with Gasteiger partial charge in [0.25, 0.3) is 0 Å². The van der Waals surface area contributed by atoms with Crippen LogP contribution in [0.5, 0.6) is 5.75 Å². The van der Waals surface area contributed by atoms with Gasteiger partial charge in [-0.15, -0.1) is 6.58 Å². The first kappa shape index (κ1) is 9.90. The van der Waals surface area contributed by atoms with Crippen LogP contribution in [0.1, 0.15) is 19.1 Å². The van der Waals surface area contributed by atoms with Crippen molar-refractivity contribution in [3.63, 3.8) is 0 Å². The van der Waals surface area contributed by atoms with Crippen molar-refractivity contribution in [2.45, 2.75) is 19.8 Å². The van der Waals surface area contributed by atoms with Crippen molar-refractivity contribution in [1.29, 1.82) is 0 Å². The summed E-state index contributed by atoms with van der Waals surface area (Å²) in [7, 11) is 1.64. The van der Waals surface area contributed by atoms with E-state index in [-0.39, 0.29) is 0 Å². The summed E-state index contributed by atoms with van der Waals surface area (Å²) in [4.78, 5) is 0. The Balaban J connectivity index is 2.40. The molecule has 1 aromatic rings. The van der Waals surface area contributed by atoms with Crippen LogP contribution < -0.4 is 4.74 Å². The van der Waals surface area contributed by atoms with Crippen LogP contribution in [0.4, 0.5) is 0 Å². The Kier molecular flexibility index (Phi) is 3.62. The molecule has 0 spiro atoms. The molecular formula is C11H16O2. The lowest BCUT2D eigenvalue weighted by atomic mass is 10.1. The third kappa shape index (κ3) is 2.98. The van der Waals surface area contributed by atoms with Crippen LogP contribution in [0.2, 0.25) is 0 Å². The van der Waals surface area contributed by atoms with Gasteiger partial charge in [-0.3, -0.25) is 0 Å². The van der Waals surface area contributed by atoms with Crippen LogP contribution in [0.15, 0.2) is 29.4 Å². The molecule has 0 aliphatic carbocycles. The lowest BCUT2D eigenvalue weighted by molar-refractivity contribution is 0.403. The molecule has 0 saturated carbocycles. The lowest BCUT2D eigenvalue weighted by Crippen LogP contribution is -1.91. The quantitative estimate of drug-likeness (QED) is 0.650. The number of hydrogen-bond acceptors (Lipinski definition) is 2. The topological polar surface area (TPSA) is 22.4 Å². The van der Waals surface area contributed by atoms with E-state index in [4.69, 9.17) is 9.15 Å². The first-order valence-corrected chi connectivity index (χ1v) is 4.50. The molecule has 0 bridgehead atoms. The molecule has 0 saturated heterocycles. The maximum absolute atomic E-state index is 5.29. The maximum atomic E-state index is 5.29. The number of rotatable bonds is 5. The van der Waals surface area contributed by atoms with Gasteiger partial charge in [0.15, 0.2) is 5.75 Å². The minimum Gasteiger partial charge on any atom is -0.493 e. The van der Waals surface area contributed by atoms with E-state index in [1.165, 1.54) is 0 Å². The van der Waals surface area contributed by atoms with Crippen LogP contribution in [0.25, 0.3) is 0 Å². The molecule has 1 aromatic heterocycles. The van der Waals surface area contributed by atoms with Gasteiger partial charge in [0, 0.05) is 12.5 Å². The van der Waals surface area contributed by atoms with Gasteiger partial charge in [0.1, 0.15) is 12.0 Å². The van der Waals surface area contributed by atoms with Gasteiger partial charge in [-0.05, 0) is 12.3 Å². The van der Waals surface area contributed by atoms with Crippen LogP contribution in [0.3, 0.4) is 0 Å². The van der Waals surface area contributed by atoms with Crippen LogP contribution >= 0.6 is 0 Å². The van der Waals surface area contributed by atoms with Gasteiger partial charge < -0.3 is 9.15 Å². The third-order valence-corrected chi connectivity index (χ3v) is 2.11. The summed E-state index contributed by atoms with van der Waals surface area (Å²) in [6.45, 7) is 5.88. The largest absolute Gasteiger partial charge is 0.493 e. The standard InChI is InChI=1S/C11H16O2/c1-4-9(2)5-6-10-7-11(12-3)8-13-10/h4,7-9H,1,5-6H2,2-3H3. The summed E-state index contributed by atoms with van der Waals surface area (Å²) >= 11 is 0. The molecule has 0 aromatic carbocycles. The number of hydrogen-bond donors (Lipinski definition) is 0. The maximum Gasteiger partial charge on any atom is 0.157 e. The highest BCUT2D eigenvalue weighted by molar-refractivity contribution is 5.19. The molecule has 0 radical (unpaired) electrons. The molecule has 1 unspecified atom stereocenters. The van der Waals surface area contributed by atoms with Crippen LogP contribution in [0, 0.1) is 5.92 Å². The molecule has 0 N–H and O–H groups in total. The van der Waals surface area contributed by atoms with Gasteiger partial charge >= 0.3 is 0 Å². The van der Waals surface area contributed by atoms with E-state index in [2.05, 4.69) is 13.5 Å². The fourth-order valence-corrected chi connectivity index (χ4v) is 1.09. The van der Waals surface area contributed by atoms with Crippen molar-refractivity contribution in [2.75, 3.05) is 7.11 Å². The summed E-state index contributed by atoms with van der Waals surface area (Å²) in [5.41, 5.74) is 0. The Labute approximate surface area is 79.2 Å². The SMILES string of the molecule is C=CC(C)CCc1cc(OC)co1. The molecule has 72 valence electrons. The molecule has 2 heteroatoms. The first-order valence-electron chi connectivity index (χ1n) is 4.50. The Morgan fingerprint density at radius 2 is 2.46 bits per heavy atom. The highest BCUT2D eigenvalue weighted by atomic mass is 16.5. The van der Waals surface area contributed by atoms with Crippen molar-refractivity contribution < 1.29 is 9.15 Å². The molecule has 0 amide bonds. The Morgan fingerprint density at radius 1 is 1.69 bits per heavy atom. The fourth-order valence-electron chi connectivity index (χ4n) is 1.09. The second-order valence-corrected chi connectivity index (χ2v) is 3.20. The zero-order valence-electron chi connectivity index (χ0n) is 8.25. The lowest BCUT2D eigenvalue weighted by Gasteiger charge is -2.01. The Bertz CT molecular complexity index is 263. The summed E-state index contributed by atoms with van der Waals surface area (Å²) in [5.74, 6) is 2.31. The number of aryl methyl sites for hydroxylation is 1. The van der Waals surface area contributed by atoms with E-state index >= 15 is 0 Å². The highest BCUT2D eigenvalue weighted by Gasteiger charge is 2.03. The molecule has 0 fully saturated rings. The van der Waals surface area contributed by atoms with Crippen LogP contribution in [-0.4, -0.2) is 7.11 Å². The average molecular weight is 180 g/mol. The van der Waals surface area contributed by atoms with E-state index in [1.807, 2.05) is 12.1 Å². The molecule has 0 aliphatic rings. The molecule has 1 atom stereocenters. The number of furan rings is 1. The van der Waals surface area contributed by atoms with Gasteiger partial charge in [-0.25, -0.2) is 0 Å². The van der Waals surface area contributed by atoms with Crippen LogP contribution in [-0.2, 0) is 6.42 Å². The predicted molar refractivity (Wildman–Crippen MR) is 52.9 cm³/mol. The van der Waals surface area contributed by atoms with Crippen molar-refractivity contribution in [3.05, 3.63) is 30.7 Å². The Morgan fingerprint density at radius 3 is 3.00 bits per heavy atom. The predicted octanol–water partition coefficient (Wildman–Crippen LogP) is 3.04. The van der Waals surface area contributed by atoms with Crippen molar-refractivity contribution in [2.24, 2.45) is 5.92 Å². The normalized spacial score (nSPS) is 12.5. The third-order valence-electron chi connectivity index (χ3n) is 2.11. The second-order valence-electron chi connectivity index (χ2n) is 3.20. The van der Waals surface area contributed by atoms with E-state index in [0.717, 1.165) is 24.4 Å². The van der Waals surface area contributed by atoms with Crippen molar-refractivity contribution >= 4 is 0 Å². The smallest absolute Gasteiger partial charge is 0.157 e. The minimum absolute atomic E-state index is 0.538. The van der Waals surface area contributed by atoms with Gasteiger partial charge in [0.05, 0.1) is 7.11 Å². The minimum atomic E-state index is 0.538. The summed E-state index contributed by atoms with van der Waals surface area (Å²) in [5, 5.41) is 0. The highest BCUT2D eigenvalue weighted by Crippen LogP contribution is 2.18. The van der Waals surface area contributed by atoms with E-state index in [9.17, 15) is 0 Å². The monoisotopic (exact) mass is 180 g/mol. The summed E-state index contributed by atoms with van der Waals surface area (Å²) in [6, 6.07) is 1.93.